The summed E-state index contributed by atoms with van der Waals surface area (Å²) in [5, 5.41) is 36.8. The van der Waals surface area contributed by atoms with Crippen molar-refractivity contribution < 1.29 is 25.2 Å². The molecular weight excluding hydrogens is 246 g/mol. The molecule has 0 aromatic carbocycles. The standard InChI is InChI=1S/C10H21NO5S/c1-3-11(4-2)10(17)16-6-8(14)9(15)7(13)5-12/h7-9,12-15H,3-6H2,1-2H3/t7-,8+,9+/m1/s1. The van der Waals surface area contributed by atoms with Gasteiger partial charge in [0.1, 0.15) is 24.9 Å². The van der Waals surface area contributed by atoms with Crippen LogP contribution in [-0.2, 0) is 4.74 Å². The second-order valence-corrected chi connectivity index (χ2v) is 3.91. The summed E-state index contributed by atoms with van der Waals surface area (Å²) in [5.74, 6) is 0. The molecule has 17 heavy (non-hydrogen) atoms. The monoisotopic (exact) mass is 267 g/mol. The van der Waals surface area contributed by atoms with E-state index in [1.165, 1.54) is 0 Å². The van der Waals surface area contributed by atoms with Gasteiger partial charge in [0.05, 0.1) is 6.61 Å². The number of aliphatic hydroxyl groups excluding tert-OH is 4. The molecule has 0 saturated carbocycles. The van der Waals surface area contributed by atoms with Gasteiger partial charge in [0.15, 0.2) is 0 Å². The van der Waals surface area contributed by atoms with E-state index in [2.05, 4.69) is 0 Å². The number of aliphatic hydroxyl groups is 4. The summed E-state index contributed by atoms with van der Waals surface area (Å²) in [6.07, 6.45) is -4.15. The van der Waals surface area contributed by atoms with Crippen molar-refractivity contribution in [2.45, 2.75) is 32.2 Å². The van der Waals surface area contributed by atoms with Crippen molar-refractivity contribution in [1.29, 1.82) is 0 Å². The zero-order valence-corrected chi connectivity index (χ0v) is 10.9. The topological polar surface area (TPSA) is 93.4 Å². The SMILES string of the molecule is CCN(CC)C(=S)OC[C@H](O)[C@@H](O)[C@H](O)CO. The van der Waals surface area contributed by atoms with Crippen LogP contribution in [0.3, 0.4) is 0 Å². The van der Waals surface area contributed by atoms with Gasteiger partial charge < -0.3 is 30.1 Å². The lowest BCUT2D eigenvalue weighted by atomic mass is 10.1. The van der Waals surface area contributed by atoms with Crippen molar-refractivity contribution in [3.8, 4) is 0 Å². The normalized spacial score (nSPS) is 16.1. The Bertz CT molecular complexity index is 225. The predicted molar refractivity (Wildman–Crippen MR) is 66.6 cm³/mol. The summed E-state index contributed by atoms with van der Waals surface area (Å²) in [4.78, 5) is 1.77. The third-order valence-electron chi connectivity index (χ3n) is 2.37. The van der Waals surface area contributed by atoms with Crippen LogP contribution in [-0.4, -0.2) is 75.1 Å². The average molecular weight is 267 g/mol. The Balaban J connectivity index is 4.06. The van der Waals surface area contributed by atoms with E-state index in [9.17, 15) is 10.2 Å². The molecule has 0 aliphatic rings. The first-order valence-electron chi connectivity index (χ1n) is 5.54. The zero-order valence-electron chi connectivity index (χ0n) is 10.1. The van der Waals surface area contributed by atoms with Gasteiger partial charge in [-0.15, -0.1) is 0 Å². The smallest absolute Gasteiger partial charge is 0.259 e. The van der Waals surface area contributed by atoms with Gasteiger partial charge in [-0.05, 0) is 26.1 Å². The van der Waals surface area contributed by atoms with Crippen LogP contribution in [0.1, 0.15) is 13.8 Å². The highest BCUT2D eigenvalue weighted by molar-refractivity contribution is 7.80. The van der Waals surface area contributed by atoms with E-state index in [-0.39, 0.29) is 11.8 Å². The highest BCUT2D eigenvalue weighted by Crippen LogP contribution is 2.02. The van der Waals surface area contributed by atoms with Crippen LogP contribution in [0.25, 0.3) is 0 Å². The molecule has 0 bridgehead atoms. The highest BCUT2D eigenvalue weighted by atomic mass is 32.1. The highest BCUT2D eigenvalue weighted by Gasteiger charge is 2.25. The largest absolute Gasteiger partial charge is 0.468 e. The summed E-state index contributed by atoms with van der Waals surface area (Å²) < 4.78 is 5.12. The molecular formula is C10H21NO5S. The Morgan fingerprint density at radius 3 is 2.12 bits per heavy atom. The van der Waals surface area contributed by atoms with E-state index >= 15 is 0 Å². The van der Waals surface area contributed by atoms with Crippen molar-refractivity contribution in [2.24, 2.45) is 0 Å². The summed E-state index contributed by atoms with van der Waals surface area (Å²) in [6, 6.07) is 0. The van der Waals surface area contributed by atoms with E-state index in [1.54, 1.807) is 4.90 Å². The summed E-state index contributed by atoms with van der Waals surface area (Å²) in [6.45, 7) is 4.35. The van der Waals surface area contributed by atoms with Gasteiger partial charge in [-0.25, -0.2) is 0 Å². The van der Waals surface area contributed by atoms with Crippen LogP contribution in [0.4, 0.5) is 0 Å². The van der Waals surface area contributed by atoms with Crippen molar-refractivity contribution in [3.05, 3.63) is 0 Å². The minimum atomic E-state index is -1.46. The Morgan fingerprint density at radius 2 is 1.71 bits per heavy atom. The number of ether oxygens (including phenoxy) is 1. The second kappa shape index (κ2) is 8.60. The lowest BCUT2D eigenvalue weighted by molar-refractivity contribution is -0.0892. The molecule has 4 N–H and O–H groups in total. The molecule has 0 rings (SSSR count). The molecule has 0 heterocycles. The molecule has 7 heteroatoms. The van der Waals surface area contributed by atoms with Gasteiger partial charge in [-0.3, -0.25) is 0 Å². The molecule has 0 aliphatic carbocycles. The fourth-order valence-corrected chi connectivity index (χ4v) is 1.52. The van der Waals surface area contributed by atoms with Gasteiger partial charge in [0, 0.05) is 13.1 Å². The van der Waals surface area contributed by atoms with Gasteiger partial charge in [-0.2, -0.15) is 0 Å². The molecule has 0 unspecified atom stereocenters. The van der Waals surface area contributed by atoms with Crippen LogP contribution in [0.2, 0.25) is 0 Å². The molecule has 0 aromatic rings. The first kappa shape index (κ1) is 16.5. The van der Waals surface area contributed by atoms with Crippen LogP contribution in [0.15, 0.2) is 0 Å². The Labute approximate surface area is 106 Å². The molecule has 6 nitrogen and oxygen atoms in total. The van der Waals surface area contributed by atoms with Crippen molar-refractivity contribution in [2.75, 3.05) is 26.3 Å². The summed E-state index contributed by atoms with van der Waals surface area (Å²) >= 11 is 4.97. The minimum absolute atomic E-state index is 0.229. The lowest BCUT2D eigenvalue weighted by Gasteiger charge is -2.25. The molecule has 0 amide bonds. The predicted octanol–water partition coefficient (Wildman–Crippen LogP) is -1.30. The second-order valence-electron chi connectivity index (χ2n) is 3.56. The maximum Gasteiger partial charge on any atom is 0.259 e. The first-order valence-corrected chi connectivity index (χ1v) is 5.95. The number of thiocarbonyl (C=S) groups is 1. The van der Waals surface area contributed by atoms with E-state index in [4.69, 9.17) is 27.2 Å². The Kier molecular flexibility index (Phi) is 8.36. The van der Waals surface area contributed by atoms with Crippen molar-refractivity contribution in [3.63, 3.8) is 0 Å². The number of rotatable bonds is 7. The molecule has 0 radical (unpaired) electrons. The number of hydrogen-bond donors (Lipinski definition) is 4. The molecule has 3 atom stereocenters. The zero-order chi connectivity index (χ0) is 13.4. The molecule has 0 aromatic heterocycles. The maximum absolute atomic E-state index is 9.47. The summed E-state index contributed by atoms with van der Waals surface area (Å²) in [5.41, 5.74) is 0. The quantitative estimate of drug-likeness (QED) is 0.426. The number of hydrogen-bond acceptors (Lipinski definition) is 6. The van der Waals surface area contributed by atoms with Crippen molar-refractivity contribution in [1.82, 2.24) is 4.90 Å². The average Bonchev–Trinajstić information content (AvgIpc) is 2.35. The van der Waals surface area contributed by atoms with Crippen LogP contribution < -0.4 is 0 Å². The number of nitrogens with zero attached hydrogens (tertiary/aromatic N) is 1. The molecule has 0 fully saturated rings. The Morgan fingerprint density at radius 1 is 1.18 bits per heavy atom. The van der Waals surface area contributed by atoms with E-state index in [0.717, 1.165) is 0 Å². The molecule has 102 valence electrons. The fourth-order valence-electron chi connectivity index (χ4n) is 1.19. The van der Waals surface area contributed by atoms with Crippen LogP contribution in [0, 0.1) is 0 Å². The van der Waals surface area contributed by atoms with Gasteiger partial charge >= 0.3 is 0 Å². The van der Waals surface area contributed by atoms with Crippen molar-refractivity contribution >= 4 is 17.4 Å². The van der Waals surface area contributed by atoms with Crippen LogP contribution >= 0.6 is 12.2 Å². The molecule has 0 aliphatic heterocycles. The van der Waals surface area contributed by atoms with Crippen LogP contribution in [0.5, 0.6) is 0 Å². The molecule has 0 saturated heterocycles. The van der Waals surface area contributed by atoms with Gasteiger partial charge in [0.25, 0.3) is 5.17 Å². The maximum atomic E-state index is 9.47. The third kappa shape index (κ3) is 5.60. The van der Waals surface area contributed by atoms with Gasteiger partial charge in [0.2, 0.25) is 0 Å². The van der Waals surface area contributed by atoms with E-state index < -0.39 is 24.9 Å². The van der Waals surface area contributed by atoms with E-state index in [0.29, 0.717) is 13.1 Å². The first-order chi connectivity index (χ1) is 7.97. The lowest BCUT2D eigenvalue weighted by Crippen LogP contribution is -2.43. The third-order valence-corrected chi connectivity index (χ3v) is 2.75. The minimum Gasteiger partial charge on any atom is -0.468 e. The van der Waals surface area contributed by atoms with Gasteiger partial charge in [-0.1, -0.05) is 0 Å². The Hall–Kier alpha value is -0.470. The fraction of sp³-hybridized carbons (Fsp3) is 0.900. The molecule has 0 spiro atoms. The summed E-state index contributed by atoms with van der Waals surface area (Å²) in [7, 11) is 0. The van der Waals surface area contributed by atoms with E-state index in [1.807, 2.05) is 13.8 Å².